The summed E-state index contributed by atoms with van der Waals surface area (Å²) < 4.78 is 17.3. The second kappa shape index (κ2) is 18.7. The van der Waals surface area contributed by atoms with Crippen molar-refractivity contribution in [2.24, 2.45) is 11.8 Å². The second-order valence-electron chi connectivity index (χ2n) is 11.4. The van der Waals surface area contributed by atoms with Crippen molar-refractivity contribution >= 4 is 5.97 Å². The van der Waals surface area contributed by atoms with Crippen LogP contribution in [0.3, 0.4) is 0 Å². The highest BCUT2D eigenvalue weighted by Crippen LogP contribution is 2.34. The Labute approximate surface area is 237 Å². The molecule has 0 radical (unpaired) electrons. The standard InChI is InChI=1S/C35H52O4/c1-3-5-7-9-10-13-29-15-17-30(18-16-29)14-12-28-38-33-23-25-34(26-24-33)39-35(36)31-19-21-32(22-20-31)37-27-11-8-6-4-2/h19-26,29-30H,3-18,27-28H2,1-2H3. The highest BCUT2D eigenvalue weighted by Gasteiger charge is 2.20. The van der Waals surface area contributed by atoms with Gasteiger partial charge in [-0.15, -0.1) is 0 Å². The van der Waals surface area contributed by atoms with E-state index in [0.29, 0.717) is 17.9 Å². The van der Waals surface area contributed by atoms with Crippen molar-refractivity contribution in [2.45, 2.75) is 117 Å². The first-order valence-electron chi connectivity index (χ1n) is 15.9. The molecule has 0 amide bonds. The zero-order chi connectivity index (χ0) is 27.5. The molecule has 0 unspecified atom stereocenters. The number of ether oxygens (including phenoxy) is 3. The summed E-state index contributed by atoms with van der Waals surface area (Å²) in [5.41, 5.74) is 0.509. The van der Waals surface area contributed by atoms with Crippen molar-refractivity contribution in [3.63, 3.8) is 0 Å². The predicted octanol–water partition coefficient (Wildman–Crippen LogP) is 10.2. The Morgan fingerprint density at radius 2 is 1.05 bits per heavy atom. The lowest BCUT2D eigenvalue weighted by atomic mass is 9.78. The largest absolute Gasteiger partial charge is 0.494 e. The Hall–Kier alpha value is -2.49. The van der Waals surface area contributed by atoms with E-state index >= 15 is 0 Å². The SMILES string of the molecule is CCCCCCCC1CCC(CCCOc2ccc(OC(=O)c3ccc(OCCCCCC)cc3)cc2)CC1. The van der Waals surface area contributed by atoms with E-state index in [1.54, 1.807) is 24.3 Å². The van der Waals surface area contributed by atoms with Gasteiger partial charge in [0.1, 0.15) is 17.2 Å². The number of unbranched alkanes of at least 4 members (excludes halogenated alkanes) is 7. The molecular formula is C35H52O4. The lowest BCUT2D eigenvalue weighted by Gasteiger charge is -2.28. The highest BCUT2D eigenvalue weighted by atomic mass is 16.5. The smallest absolute Gasteiger partial charge is 0.343 e. The van der Waals surface area contributed by atoms with Crippen LogP contribution in [0.4, 0.5) is 0 Å². The number of rotatable bonds is 19. The summed E-state index contributed by atoms with van der Waals surface area (Å²) in [6.45, 7) is 5.93. The van der Waals surface area contributed by atoms with Crippen LogP contribution in [-0.4, -0.2) is 19.2 Å². The Balaban J connectivity index is 1.27. The van der Waals surface area contributed by atoms with Crippen LogP contribution in [-0.2, 0) is 0 Å². The van der Waals surface area contributed by atoms with E-state index in [-0.39, 0.29) is 5.97 Å². The number of esters is 1. The van der Waals surface area contributed by atoms with Crippen LogP contribution < -0.4 is 14.2 Å². The highest BCUT2D eigenvalue weighted by molar-refractivity contribution is 5.91. The summed E-state index contributed by atoms with van der Waals surface area (Å²) in [5.74, 6) is 3.60. The Bertz CT molecular complexity index is 897. The van der Waals surface area contributed by atoms with Gasteiger partial charge in [-0.2, -0.15) is 0 Å². The second-order valence-corrected chi connectivity index (χ2v) is 11.4. The molecule has 3 rings (SSSR count). The fraction of sp³-hybridized carbons (Fsp3) is 0.629. The van der Waals surface area contributed by atoms with E-state index in [2.05, 4.69) is 13.8 Å². The molecule has 0 bridgehead atoms. The number of carbonyl (C=O) groups is 1. The van der Waals surface area contributed by atoms with Gasteiger partial charge in [-0.05, 0) is 79.6 Å². The van der Waals surface area contributed by atoms with E-state index in [1.807, 2.05) is 24.3 Å². The maximum absolute atomic E-state index is 12.5. The molecule has 4 heteroatoms. The number of hydrogen-bond acceptors (Lipinski definition) is 4. The van der Waals surface area contributed by atoms with Gasteiger partial charge in [0, 0.05) is 0 Å². The third-order valence-corrected chi connectivity index (χ3v) is 8.10. The topological polar surface area (TPSA) is 44.8 Å². The van der Waals surface area contributed by atoms with E-state index in [1.165, 1.54) is 89.9 Å². The van der Waals surface area contributed by atoms with Crippen molar-refractivity contribution in [1.29, 1.82) is 0 Å². The number of benzene rings is 2. The van der Waals surface area contributed by atoms with Gasteiger partial charge in [-0.25, -0.2) is 4.79 Å². The quantitative estimate of drug-likeness (QED) is 0.102. The average molecular weight is 537 g/mol. The molecule has 1 aliphatic carbocycles. The first-order chi connectivity index (χ1) is 19.2. The molecule has 2 aromatic carbocycles. The van der Waals surface area contributed by atoms with E-state index in [4.69, 9.17) is 14.2 Å². The van der Waals surface area contributed by atoms with Crippen LogP contribution in [0.1, 0.15) is 127 Å². The summed E-state index contributed by atoms with van der Waals surface area (Å²) in [6, 6.07) is 14.5. The molecule has 0 aromatic heterocycles. The van der Waals surface area contributed by atoms with Crippen molar-refractivity contribution in [1.82, 2.24) is 0 Å². The van der Waals surface area contributed by atoms with Gasteiger partial charge >= 0.3 is 5.97 Å². The minimum absolute atomic E-state index is 0.371. The summed E-state index contributed by atoms with van der Waals surface area (Å²) in [6.07, 6.45) is 21.2. The molecule has 1 aliphatic rings. The minimum atomic E-state index is -0.371. The fourth-order valence-corrected chi connectivity index (χ4v) is 5.58. The minimum Gasteiger partial charge on any atom is -0.494 e. The molecular weight excluding hydrogens is 484 g/mol. The Kier molecular flexibility index (Phi) is 14.9. The van der Waals surface area contributed by atoms with Gasteiger partial charge in [-0.3, -0.25) is 0 Å². The molecule has 39 heavy (non-hydrogen) atoms. The fourth-order valence-electron chi connectivity index (χ4n) is 5.58. The zero-order valence-electron chi connectivity index (χ0n) is 24.6. The van der Waals surface area contributed by atoms with Gasteiger partial charge in [-0.1, -0.05) is 97.3 Å². The van der Waals surface area contributed by atoms with Crippen molar-refractivity contribution in [3.05, 3.63) is 54.1 Å². The third kappa shape index (κ3) is 12.5. The van der Waals surface area contributed by atoms with E-state index in [0.717, 1.165) is 42.8 Å². The summed E-state index contributed by atoms with van der Waals surface area (Å²) >= 11 is 0. The Morgan fingerprint density at radius 1 is 0.590 bits per heavy atom. The van der Waals surface area contributed by atoms with Gasteiger partial charge in [0.25, 0.3) is 0 Å². The molecule has 4 nitrogen and oxygen atoms in total. The van der Waals surface area contributed by atoms with Crippen molar-refractivity contribution < 1.29 is 19.0 Å². The number of hydrogen-bond donors (Lipinski definition) is 0. The average Bonchev–Trinajstić information content (AvgIpc) is 2.97. The van der Waals surface area contributed by atoms with Gasteiger partial charge in [0.15, 0.2) is 0 Å². The molecule has 2 aromatic rings. The number of carbonyl (C=O) groups excluding carboxylic acids is 1. The van der Waals surface area contributed by atoms with Gasteiger partial charge in [0.05, 0.1) is 18.8 Å². The molecule has 1 saturated carbocycles. The molecule has 1 fully saturated rings. The van der Waals surface area contributed by atoms with Crippen LogP contribution in [0.25, 0.3) is 0 Å². The predicted molar refractivity (Wildman–Crippen MR) is 161 cm³/mol. The maximum Gasteiger partial charge on any atom is 0.343 e. The molecule has 0 saturated heterocycles. The third-order valence-electron chi connectivity index (χ3n) is 8.10. The van der Waals surface area contributed by atoms with Crippen LogP contribution in [0, 0.1) is 11.8 Å². The molecule has 0 heterocycles. The van der Waals surface area contributed by atoms with Crippen molar-refractivity contribution in [2.75, 3.05) is 13.2 Å². The normalized spacial score (nSPS) is 17.1. The van der Waals surface area contributed by atoms with Gasteiger partial charge in [0.2, 0.25) is 0 Å². The van der Waals surface area contributed by atoms with Crippen LogP contribution in [0.15, 0.2) is 48.5 Å². The molecule has 0 spiro atoms. The first-order valence-corrected chi connectivity index (χ1v) is 15.9. The zero-order valence-corrected chi connectivity index (χ0v) is 24.6. The maximum atomic E-state index is 12.5. The van der Waals surface area contributed by atoms with Crippen molar-refractivity contribution in [3.8, 4) is 17.2 Å². The lowest BCUT2D eigenvalue weighted by molar-refractivity contribution is 0.0734. The molecule has 0 atom stereocenters. The van der Waals surface area contributed by atoms with E-state index in [9.17, 15) is 4.79 Å². The van der Waals surface area contributed by atoms with Crippen LogP contribution in [0.2, 0.25) is 0 Å². The lowest BCUT2D eigenvalue weighted by Crippen LogP contribution is -2.15. The van der Waals surface area contributed by atoms with E-state index < -0.39 is 0 Å². The first kappa shape index (κ1) is 31.0. The van der Waals surface area contributed by atoms with Crippen LogP contribution >= 0.6 is 0 Å². The monoisotopic (exact) mass is 536 g/mol. The van der Waals surface area contributed by atoms with Gasteiger partial charge < -0.3 is 14.2 Å². The molecule has 0 aliphatic heterocycles. The van der Waals surface area contributed by atoms with Crippen LogP contribution in [0.5, 0.6) is 17.2 Å². The summed E-state index contributed by atoms with van der Waals surface area (Å²) in [4.78, 5) is 12.5. The molecule has 216 valence electrons. The Morgan fingerprint density at radius 3 is 1.64 bits per heavy atom. The molecule has 0 N–H and O–H groups in total. The summed E-state index contributed by atoms with van der Waals surface area (Å²) in [5, 5.41) is 0. The summed E-state index contributed by atoms with van der Waals surface area (Å²) in [7, 11) is 0.